The lowest BCUT2D eigenvalue weighted by Gasteiger charge is -2.28. The van der Waals surface area contributed by atoms with Gasteiger partial charge in [0.05, 0.1) is 12.9 Å². The standard InChI is InChI=1S/C23H32N6O12/c1-21(2,3)40-19(36)28(17(32)33)14-11-13(25-16(26-14)29(18(34)35)20(37)41-22(4,5)6)27(9-24-11)15-23(7,38)12(31)10(8-30)39-15/h9-10,12,15,30-31,38H,8H2,1-7H3,(H,32,33)(H,34,35)/t10-,12-,15-,23-/m1/s1. The Labute approximate surface area is 232 Å². The minimum atomic E-state index is -2.08. The molecule has 0 aliphatic carbocycles. The number of hydrogen-bond acceptors (Lipinski definition) is 13. The van der Waals surface area contributed by atoms with E-state index in [2.05, 4.69) is 15.0 Å². The Morgan fingerprint density at radius 1 is 1.00 bits per heavy atom. The molecular formula is C23H32N6O12. The molecule has 4 amide bonds. The van der Waals surface area contributed by atoms with E-state index >= 15 is 0 Å². The number of fused-ring (bicyclic) bond motifs is 1. The number of hydrogen-bond donors (Lipinski definition) is 5. The molecule has 0 spiro atoms. The predicted molar refractivity (Wildman–Crippen MR) is 136 cm³/mol. The number of aromatic nitrogens is 4. The van der Waals surface area contributed by atoms with Gasteiger partial charge < -0.3 is 39.7 Å². The highest BCUT2D eigenvalue weighted by molar-refractivity contribution is 6.13. The van der Waals surface area contributed by atoms with Crippen LogP contribution in [0.2, 0.25) is 0 Å². The molecule has 18 heteroatoms. The van der Waals surface area contributed by atoms with Crippen LogP contribution in [0.15, 0.2) is 6.33 Å². The van der Waals surface area contributed by atoms with Gasteiger partial charge in [0.1, 0.15) is 29.0 Å². The van der Waals surface area contributed by atoms with E-state index in [1.54, 1.807) is 0 Å². The van der Waals surface area contributed by atoms with Crippen LogP contribution in [0.1, 0.15) is 54.7 Å². The number of rotatable bonds is 4. The van der Waals surface area contributed by atoms with Crippen LogP contribution < -0.4 is 9.80 Å². The van der Waals surface area contributed by atoms with Crippen molar-refractivity contribution in [1.29, 1.82) is 0 Å². The number of imidazole rings is 1. The highest BCUT2D eigenvalue weighted by Gasteiger charge is 2.53. The van der Waals surface area contributed by atoms with Gasteiger partial charge in [-0.15, -0.1) is 4.90 Å². The average molecular weight is 585 g/mol. The first-order valence-electron chi connectivity index (χ1n) is 12.1. The van der Waals surface area contributed by atoms with Gasteiger partial charge in [-0.1, -0.05) is 0 Å². The number of nitrogens with zero attached hydrogens (tertiary/aromatic N) is 6. The summed E-state index contributed by atoms with van der Waals surface area (Å²) in [6.45, 7) is 9.29. The molecule has 1 aliphatic heterocycles. The lowest BCUT2D eigenvalue weighted by Crippen LogP contribution is -2.44. The average Bonchev–Trinajstić information content (AvgIpc) is 3.29. The van der Waals surface area contributed by atoms with Gasteiger partial charge in [-0.2, -0.15) is 14.9 Å². The Morgan fingerprint density at radius 2 is 1.51 bits per heavy atom. The maximum Gasteiger partial charge on any atom is 0.427 e. The van der Waals surface area contributed by atoms with Gasteiger partial charge in [0, 0.05) is 0 Å². The molecule has 1 saturated heterocycles. The number of imide groups is 2. The van der Waals surface area contributed by atoms with Gasteiger partial charge in [0.2, 0.25) is 5.95 Å². The molecule has 2 aromatic rings. The number of carbonyl (C=O) groups is 4. The van der Waals surface area contributed by atoms with E-state index in [4.69, 9.17) is 14.2 Å². The SMILES string of the molecule is CC(C)(C)OC(=O)N(C(=O)O)c1nc(N(C(=O)O)C(=O)OC(C)(C)C)c2ncn([C@@H]3O[C@H](CO)[C@@H](O)[C@@]3(C)O)c2n1. The third kappa shape index (κ3) is 6.29. The van der Waals surface area contributed by atoms with Crippen LogP contribution in [0.5, 0.6) is 0 Å². The van der Waals surface area contributed by atoms with Gasteiger partial charge in [-0.3, -0.25) is 4.57 Å². The van der Waals surface area contributed by atoms with Crippen molar-refractivity contribution in [2.45, 2.75) is 83.7 Å². The molecule has 18 nitrogen and oxygen atoms in total. The maximum absolute atomic E-state index is 13.0. The van der Waals surface area contributed by atoms with Crippen LogP contribution in [0.3, 0.4) is 0 Å². The topological polar surface area (TPSA) is 247 Å². The molecule has 3 heterocycles. The second kappa shape index (κ2) is 10.7. The fraction of sp³-hybridized carbons (Fsp3) is 0.609. The smallest absolute Gasteiger partial charge is 0.427 e. The van der Waals surface area contributed by atoms with Gasteiger partial charge in [0.25, 0.3) is 0 Å². The fourth-order valence-electron chi connectivity index (χ4n) is 3.82. The van der Waals surface area contributed by atoms with Crippen molar-refractivity contribution in [2.75, 3.05) is 16.4 Å². The van der Waals surface area contributed by atoms with Crippen LogP contribution in [-0.4, -0.2) is 105 Å². The van der Waals surface area contributed by atoms with Crippen LogP contribution >= 0.6 is 0 Å². The summed E-state index contributed by atoms with van der Waals surface area (Å²) in [7, 11) is 0. The molecule has 0 radical (unpaired) electrons. The Kier molecular flexibility index (Phi) is 8.19. The first kappa shape index (κ1) is 31.4. The molecule has 0 bridgehead atoms. The maximum atomic E-state index is 13.0. The quantitative estimate of drug-likeness (QED) is 0.343. The summed E-state index contributed by atoms with van der Waals surface area (Å²) in [6.07, 6.45) is -10.1. The Bertz CT molecular complexity index is 1360. The number of amides is 4. The van der Waals surface area contributed by atoms with E-state index in [0.717, 1.165) is 10.9 Å². The van der Waals surface area contributed by atoms with E-state index in [9.17, 15) is 44.7 Å². The molecule has 3 rings (SSSR count). The third-order valence-corrected chi connectivity index (χ3v) is 5.52. The molecule has 0 unspecified atom stereocenters. The Morgan fingerprint density at radius 3 is 1.95 bits per heavy atom. The van der Waals surface area contributed by atoms with Crippen molar-refractivity contribution in [1.82, 2.24) is 19.5 Å². The van der Waals surface area contributed by atoms with Crippen LogP contribution in [-0.2, 0) is 14.2 Å². The predicted octanol–water partition coefficient (Wildman–Crippen LogP) is 1.67. The zero-order chi connectivity index (χ0) is 31.2. The summed E-state index contributed by atoms with van der Waals surface area (Å²) in [6, 6.07) is 0. The second-order valence-corrected chi connectivity index (χ2v) is 11.2. The molecule has 5 N–H and O–H groups in total. The molecule has 0 saturated carbocycles. The van der Waals surface area contributed by atoms with Gasteiger partial charge >= 0.3 is 24.4 Å². The first-order chi connectivity index (χ1) is 18.7. The van der Waals surface area contributed by atoms with Crippen molar-refractivity contribution in [2.24, 2.45) is 0 Å². The molecule has 0 aromatic carbocycles. The summed E-state index contributed by atoms with van der Waals surface area (Å²) >= 11 is 0. The summed E-state index contributed by atoms with van der Waals surface area (Å²) in [4.78, 5) is 62.3. The largest absolute Gasteiger partial charge is 0.464 e. The summed E-state index contributed by atoms with van der Waals surface area (Å²) in [5, 5.41) is 50.8. The Hall–Kier alpha value is -4.13. The highest BCUT2D eigenvalue weighted by atomic mass is 16.6. The van der Waals surface area contributed by atoms with Crippen molar-refractivity contribution in [3.05, 3.63) is 6.33 Å². The molecule has 2 aromatic heterocycles. The van der Waals surface area contributed by atoms with Crippen molar-refractivity contribution >= 4 is 47.3 Å². The number of anilines is 2. The number of carbonyl (C=O) groups excluding carboxylic acids is 2. The minimum absolute atomic E-state index is 0.0281. The number of ether oxygens (including phenoxy) is 3. The van der Waals surface area contributed by atoms with Crippen LogP contribution in [0.25, 0.3) is 11.2 Å². The van der Waals surface area contributed by atoms with Crippen molar-refractivity contribution in [3.8, 4) is 0 Å². The zero-order valence-corrected chi connectivity index (χ0v) is 23.3. The minimum Gasteiger partial charge on any atom is -0.464 e. The summed E-state index contributed by atoms with van der Waals surface area (Å²) in [5.41, 5.74) is -5.27. The fourth-order valence-corrected chi connectivity index (χ4v) is 3.82. The molecular weight excluding hydrogens is 552 g/mol. The van der Waals surface area contributed by atoms with Crippen LogP contribution in [0.4, 0.5) is 30.9 Å². The summed E-state index contributed by atoms with van der Waals surface area (Å²) < 4.78 is 16.9. The molecule has 226 valence electrons. The van der Waals surface area contributed by atoms with Gasteiger partial charge in [-0.25, -0.2) is 24.2 Å². The van der Waals surface area contributed by atoms with E-state index in [-0.39, 0.29) is 9.80 Å². The van der Waals surface area contributed by atoms with Crippen molar-refractivity contribution in [3.63, 3.8) is 0 Å². The van der Waals surface area contributed by atoms with E-state index in [1.165, 1.54) is 48.5 Å². The highest BCUT2D eigenvalue weighted by Crippen LogP contribution is 2.40. The molecule has 1 fully saturated rings. The number of aliphatic hydroxyl groups is 3. The number of carboxylic acid groups (broad SMARTS) is 2. The third-order valence-electron chi connectivity index (χ3n) is 5.52. The second-order valence-electron chi connectivity index (χ2n) is 11.2. The lowest BCUT2D eigenvalue weighted by atomic mass is 9.96. The lowest BCUT2D eigenvalue weighted by molar-refractivity contribution is -0.0950. The molecule has 41 heavy (non-hydrogen) atoms. The number of aliphatic hydroxyl groups excluding tert-OH is 2. The normalized spacial score (nSPS) is 22.8. The van der Waals surface area contributed by atoms with Gasteiger partial charge in [-0.05, 0) is 48.5 Å². The van der Waals surface area contributed by atoms with E-state index in [0.29, 0.717) is 0 Å². The Balaban J connectivity index is 2.34. The zero-order valence-electron chi connectivity index (χ0n) is 23.3. The molecule has 4 atom stereocenters. The molecule has 1 aliphatic rings. The summed E-state index contributed by atoms with van der Waals surface area (Å²) in [5.74, 6) is -1.76. The first-order valence-corrected chi connectivity index (χ1v) is 12.1. The van der Waals surface area contributed by atoms with E-state index in [1.807, 2.05) is 0 Å². The van der Waals surface area contributed by atoms with Gasteiger partial charge in [0.15, 0.2) is 23.2 Å². The van der Waals surface area contributed by atoms with Crippen LogP contribution in [0, 0.1) is 0 Å². The van der Waals surface area contributed by atoms with E-state index < -0.39 is 89.1 Å². The van der Waals surface area contributed by atoms with Crippen molar-refractivity contribution < 1.29 is 58.9 Å². The monoisotopic (exact) mass is 584 g/mol.